The first-order chi connectivity index (χ1) is 7.49. The van der Waals surface area contributed by atoms with Gasteiger partial charge >= 0.3 is 0 Å². The number of anilines is 1. The van der Waals surface area contributed by atoms with Crippen LogP contribution in [0.25, 0.3) is 0 Å². The van der Waals surface area contributed by atoms with Crippen LogP contribution in [0.5, 0.6) is 0 Å². The second-order valence-electron chi connectivity index (χ2n) is 3.82. The Bertz CT molecular complexity index is 371. The van der Waals surface area contributed by atoms with Crippen molar-refractivity contribution >= 4 is 23.3 Å². The highest BCUT2D eigenvalue weighted by atomic mass is 35.5. The molecule has 0 aliphatic heterocycles. The highest BCUT2D eigenvalue weighted by Crippen LogP contribution is 2.12. The minimum Gasteiger partial charge on any atom is -0.368 e. The van der Waals surface area contributed by atoms with Crippen LogP contribution in [-0.4, -0.2) is 34.2 Å². The number of halogens is 1. The predicted molar refractivity (Wildman–Crippen MR) is 61.1 cm³/mol. The Kier molecular flexibility index (Phi) is 4.42. The molecule has 2 N–H and O–H groups in total. The zero-order valence-corrected chi connectivity index (χ0v) is 9.98. The molecule has 88 valence electrons. The lowest BCUT2D eigenvalue weighted by Gasteiger charge is -2.23. The second-order valence-corrected chi connectivity index (χ2v) is 4.16. The first-order valence-corrected chi connectivity index (χ1v) is 5.25. The minimum absolute atomic E-state index is 0.0516. The quantitative estimate of drug-likeness (QED) is 0.813. The minimum atomic E-state index is -0.421. The summed E-state index contributed by atoms with van der Waals surface area (Å²) in [7, 11) is 0. The van der Waals surface area contributed by atoms with E-state index in [0.717, 1.165) is 0 Å². The number of amides is 1. The van der Waals surface area contributed by atoms with Gasteiger partial charge in [-0.15, -0.1) is 5.10 Å². The summed E-state index contributed by atoms with van der Waals surface area (Å²) >= 11 is 5.63. The van der Waals surface area contributed by atoms with Gasteiger partial charge in [-0.2, -0.15) is 10.1 Å². The summed E-state index contributed by atoms with van der Waals surface area (Å²) in [6, 6.07) is 0. The van der Waals surface area contributed by atoms with Gasteiger partial charge in [0.2, 0.25) is 11.2 Å². The van der Waals surface area contributed by atoms with Crippen LogP contribution in [0.4, 0.5) is 5.82 Å². The van der Waals surface area contributed by atoms with Crippen molar-refractivity contribution < 1.29 is 4.79 Å². The van der Waals surface area contributed by atoms with E-state index >= 15 is 0 Å². The van der Waals surface area contributed by atoms with E-state index in [-0.39, 0.29) is 11.8 Å². The van der Waals surface area contributed by atoms with Gasteiger partial charge < -0.3 is 10.6 Å². The summed E-state index contributed by atoms with van der Waals surface area (Å²) in [4.78, 5) is 16.7. The van der Waals surface area contributed by atoms with Crippen molar-refractivity contribution in [3.8, 4) is 0 Å². The van der Waals surface area contributed by atoms with E-state index in [0.29, 0.717) is 18.3 Å². The monoisotopic (exact) mass is 243 g/mol. The second kappa shape index (κ2) is 5.60. The number of hydrogen-bond donors (Lipinski definition) is 1. The lowest BCUT2D eigenvalue weighted by atomic mass is 10.2. The van der Waals surface area contributed by atoms with E-state index < -0.39 is 5.91 Å². The molecule has 0 saturated carbocycles. The van der Waals surface area contributed by atoms with Gasteiger partial charge in [0.1, 0.15) is 0 Å². The van der Waals surface area contributed by atoms with Crippen molar-refractivity contribution in [3.63, 3.8) is 0 Å². The lowest BCUT2D eigenvalue weighted by molar-refractivity contribution is -0.116. The SMILES string of the molecule is CC(C)CN(CC(N)=O)c1cnnc(Cl)n1. The van der Waals surface area contributed by atoms with Crippen molar-refractivity contribution in [1.82, 2.24) is 15.2 Å². The molecule has 0 unspecified atom stereocenters. The molecule has 1 heterocycles. The Morgan fingerprint density at radius 2 is 2.31 bits per heavy atom. The van der Waals surface area contributed by atoms with Gasteiger partial charge in [-0.25, -0.2) is 0 Å². The molecule has 0 aromatic carbocycles. The van der Waals surface area contributed by atoms with Gasteiger partial charge in [-0.05, 0) is 17.5 Å². The Morgan fingerprint density at radius 1 is 1.62 bits per heavy atom. The smallest absolute Gasteiger partial charge is 0.244 e. The Hall–Kier alpha value is -1.43. The number of aromatic nitrogens is 3. The Balaban J connectivity index is 2.86. The zero-order chi connectivity index (χ0) is 12.1. The molecule has 0 spiro atoms. The normalized spacial score (nSPS) is 10.5. The van der Waals surface area contributed by atoms with Crippen LogP contribution in [0.15, 0.2) is 6.20 Å². The van der Waals surface area contributed by atoms with Crippen LogP contribution in [0, 0.1) is 5.92 Å². The number of nitrogens with two attached hydrogens (primary N) is 1. The molecular formula is C9H14ClN5O. The van der Waals surface area contributed by atoms with Gasteiger partial charge in [0, 0.05) is 6.54 Å². The number of carbonyl (C=O) groups excluding carboxylic acids is 1. The van der Waals surface area contributed by atoms with Crippen LogP contribution in [0.1, 0.15) is 13.8 Å². The zero-order valence-electron chi connectivity index (χ0n) is 9.22. The molecule has 1 aromatic rings. The maximum atomic E-state index is 10.9. The lowest BCUT2D eigenvalue weighted by Crippen LogP contribution is -2.37. The number of primary amides is 1. The van der Waals surface area contributed by atoms with Gasteiger partial charge in [-0.3, -0.25) is 4.79 Å². The average molecular weight is 244 g/mol. The fraction of sp³-hybridized carbons (Fsp3) is 0.556. The molecule has 1 rings (SSSR count). The summed E-state index contributed by atoms with van der Waals surface area (Å²) in [6.45, 7) is 4.81. The van der Waals surface area contributed by atoms with Crippen molar-refractivity contribution in [2.75, 3.05) is 18.0 Å². The molecule has 6 nitrogen and oxygen atoms in total. The highest BCUT2D eigenvalue weighted by Gasteiger charge is 2.13. The molecule has 1 amide bonds. The van der Waals surface area contributed by atoms with Crippen molar-refractivity contribution in [3.05, 3.63) is 11.5 Å². The number of rotatable bonds is 5. The van der Waals surface area contributed by atoms with Crippen LogP contribution in [0.3, 0.4) is 0 Å². The molecule has 0 aliphatic carbocycles. The fourth-order valence-electron chi connectivity index (χ4n) is 1.29. The molecular weight excluding hydrogens is 230 g/mol. The summed E-state index contributed by atoms with van der Waals surface area (Å²) < 4.78 is 0. The highest BCUT2D eigenvalue weighted by molar-refractivity contribution is 6.28. The average Bonchev–Trinajstić information content (AvgIpc) is 2.15. The maximum absolute atomic E-state index is 10.9. The third kappa shape index (κ3) is 3.98. The largest absolute Gasteiger partial charge is 0.368 e. The number of nitrogens with zero attached hydrogens (tertiary/aromatic N) is 4. The van der Waals surface area contributed by atoms with Crippen LogP contribution in [-0.2, 0) is 4.79 Å². The van der Waals surface area contributed by atoms with Crippen molar-refractivity contribution in [2.45, 2.75) is 13.8 Å². The van der Waals surface area contributed by atoms with Gasteiger partial charge in [0.15, 0.2) is 5.82 Å². The molecule has 0 aliphatic rings. The van der Waals surface area contributed by atoms with E-state index in [1.807, 2.05) is 13.8 Å². The molecule has 16 heavy (non-hydrogen) atoms. The maximum Gasteiger partial charge on any atom is 0.244 e. The van der Waals surface area contributed by atoms with Crippen LogP contribution in [0.2, 0.25) is 5.28 Å². The van der Waals surface area contributed by atoms with E-state index in [1.54, 1.807) is 4.90 Å². The van der Waals surface area contributed by atoms with E-state index in [4.69, 9.17) is 17.3 Å². The first-order valence-electron chi connectivity index (χ1n) is 4.87. The molecule has 0 radical (unpaired) electrons. The topological polar surface area (TPSA) is 85.0 Å². The van der Waals surface area contributed by atoms with Crippen molar-refractivity contribution in [2.24, 2.45) is 11.7 Å². The van der Waals surface area contributed by atoms with E-state index in [9.17, 15) is 4.79 Å². The Morgan fingerprint density at radius 3 is 2.81 bits per heavy atom. The summed E-state index contributed by atoms with van der Waals surface area (Å²) in [5, 5.41) is 7.28. The van der Waals surface area contributed by atoms with Crippen LogP contribution >= 0.6 is 11.6 Å². The van der Waals surface area contributed by atoms with E-state index in [1.165, 1.54) is 6.20 Å². The van der Waals surface area contributed by atoms with Crippen LogP contribution < -0.4 is 10.6 Å². The Labute approximate surface area is 98.8 Å². The third-order valence-electron chi connectivity index (χ3n) is 1.78. The molecule has 0 saturated heterocycles. The summed E-state index contributed by atoms with van der Waals surface area (Å²) in [6.07, 6.45) is 1.46. The number of hydrogen-bond acceptors (Lipinski definition) is 5. The summed E-state index contributed by atoms with van der Waals surface area (Å²) in [5.41, 5.74) is 5.17. The van der Waals surface area contributed by atoms with Gasteiger partial charge in [0.05, 0.1) is 12.7 Å². The number of carbonyl (C=O) groups is 1. The summed E-state index contributed by atoms with van der Waals surface area (Å²) in [5.74, 6) is 0.455. The predicted octanol–water partition coefficient (Wildman–Crippen LogP) is 0.473. The van der Waals surface area contributed by atoms with Gasteiger partial charge in [0.25, 0.3) is 0 Å². The molecule has 7 heteroatoms. The van der Waals surface area contributed by atoms with E-state index in [2.05, 4.69) is 15.2 Å². The molecule has 0 bridgehead atoms. The molecule has 0 fully saturated rings. The molecule has 1 aromatic heterocycles. The fourth-order valence-corrected chi connectivity index (χ4v) is 1.42. The van der Waals surface area contributed by atoms with Gasteiger partial charge in [-0.1, -0.05) is 13.8 Å². The first kappa shape index (κ1) is 12.6. The third-order valence-corrected chi connectivity index (χ3v) is 1.94. The van der Waals surface area contributed by atoms with Crippen molar-refractivity contribution in [1.29, 1.82) is 0 Å². The molecule has 0 atom stereocenters. The standard InChI is InChI=1S/C9H14ClN5O/c1-6(2)4-15(5-7(11)16)8-3-12-14-9(10)13-8/h3,6H,4-5H2,1-2H3,(H2,11,16).